The van der Waals surface area contributed by atoms with Gasteiger partial charge in [0.1, 0.15) is 0 Å². The summed E-state index contributed by atoms with van der Waals surface area (Å²) in [5.41, 5.74) is -0.400. The molecule has 1 unspecified atom stereocenters. The molecule has 0 bridgehead atoms. The SMILES string of the molecule is CC(NCCOCCO)c1ccccc1C(F)(F)F. The molecule has 0 saturated heterocycles. The lowest BCUT2D eigenvalue weighted by molar-refractivity contribution is -0.138. The van der Waals surface area contributed by atoms with E-state index in [9.17, 15) is 13.2 Å². The Morgan fingerprint density at radius 3 is 2.58 bits per heavy atom. The van der Waals surface area contributed by atoms with E-state index in [-0.39, 0.29) is 18.8 Å². The molecule has 0 fully saturated rings. The summed E-state index contributed by atoms with van der Waals surface area (Å²) in [7, 11) is 0. The summed E-state index contributed by atoms with van der Waals surface area (Å²) in [4.78, 5) is 0. The molecule has 0 heterocycles. The average Bonchev–Trinajstić information content (AvgIpc) is 2.37. The van der Waals surface area contributed by atoms with Gasteiger partial charge in [0.25, 0.3) is 0 Å². The van der Waals surface area contributed by atoms with E-state index in [1.54, 1.807) is 13.0 Å². The Morgan fingerprint density at radius 2 is 1.95 bits per heavy atom. The van der Waals surface area contributed by atoms with Crippen molar-refractivity contribution < 1.29 is 23.0 Å². The maximum absolute atomic E-state index is 12.8. The topological polar surface area (TPSA) is 41.5 Å². The Bertz CT molecular complexity index is 382. The van der Waals surface area contributed by atoms with Crippen LogP contribution in [0.1, 0.15) is 24.1 Å². The molecule has 0 amide bonds. The van der Waals surface area contributed by atoms with E-state index in [1.807, 2.05) is 0 Å². The van der Waals surface area contributed by atoms with Crippen molar-refractivity contribution in [1.29, 1.82) is 0 Å². The third-order valence-corrected chi connectivity index (χ3v) is 2.67. The van der Waals surface area contributed by atoms with Crippen molar-refractivity contribution in [3.8, 4) is 0 Å². The molecule has 1 aromatic carbocycles. The largest absolute Gasteiger partial charge is 0.416 e. The molecule has 0 spiro atoms. The van der Waals surface area contributed by atoms with Gasteiger partial charge in [-0.25, -0.2) is 0 Å². The molecule has 0 saturated carbocycles. The van der Waals surface area contributed by atoms with Crippen LogP contribution >= 0.6 is 0 Å². The van der Waals surface area contributed by atoms with Gasteiger partial charge < -0.3 is 15.2 Å². The molecule has 2 N–H and O–H groups in total. The van der Waals surface area contributed by atoms with Gasteiger partial charge in [0, 0.05) is 12.6 Å². The van der Waals surface area contributed by atoms with Gasteiger partial charge in [0.15, 0.2) is 0 Å². The van der Waals surface area contributed by atoms with Crippen molar-refractivity contribution in [3.63, 3.8) is 0 Å². The lowest BCUT2D eigenvalue weighted by atomic mass is 10.0. The number of hydrogen-bond acceptors (Lipinski definition) is 3. The van der Waals surface area contributed by atoms with Gasteiger partial charge in [-0.3, -0.25) is 0 Å². The maximum Gasteiger partial charge on any atom is 0.416 e. The summed E-state index contributed by atoms with van der Waals surface area (Å²) < 4.78 is 43.5. The van der Waals surface area contributed by atoms with Crippen LogP contribution in [-0.4, -0.2) is 31.5 Å². The number of ether oxygens (including phenoxy) is 1. The Kier molecular flexibility index (Phi) is 6.27. The van der Waals surface area contributed by atoms with Crippen LogP contribution in [0.4, 0.5) is 13.2 Å². The molecule has 1 atom stereocenters. The van der Waals surface area contributed by atoms with Crippen molar-refractivity contribution in [2.75, 3.05) is 26.4 Å². The summed E-state index contributed by atoms with van der Waals surface area (Å²) in [5.74, 6) is 0. The fraction of sp³-hybridized carbons (Fsp3) is 0.538. The van der Waals surface area contributed by atoms with Crippen molar-refractivity contribution in [3.05, 3.63) is 35.4 Å². The second-order valence-corrected chi connectivity index (χ2v) is 4.10. The Hall–Kier alpha value is -1.11. The predicted molar refractivity (Wildman–Crippen MR) is 65.8 cm³/mol. The highest BCUT2D eigenvalue weighted by molar-refractivity contribution is 5.31. The summed E-state index contributed by atoms with van der Waals surface area (Å²) in [6.07, 6.45) is -4.35. The molecule has 0 aliphatic rings. The van der Waals surface area contributed by atoms with Crippen LogP contribution in [0.15, 0.2) is 24.3 Å². The highest BCUT2D eigenvalue weighted by atomic mass is 19.4. The molecular formula is C13H18F3NO2. The molecule has 0 aliphatic heterocycles. The summed E-state index contributed by atoms with van der Waals surface area (Å²) in [6.45, 7) is 2.62. The quantitative estimate of drug-likeness (QED) is 0.752. The third kappa shape index (κ3) is 5.18. The van der Waals surface area contributed by atoms with Crippen molar-refractivity contribution in [2.24, 2.45) is 0 Å². The molecule has 0 aliphatic carbocycles. The Morgan fingerprint density at radius 1 is 1.26 bits per heavy atom. The third-order valence-electron chi connectivity index (χ3n) is 2.67. The number of alkyl halides is 3. The number of hydrogen-bond donors (Lipinski definition) is 2. The highest BCUT2D eigenvalue weighted by Gasteiger charge is 2.33. The zero-order valence-corrected chi connectivity index (χ0v) is 10.7. The number of halogens is 3. The van der Waals surface area contributed by atoms with E-state index >= 15 is 0 Å². The van der Waals surface area contributed by atoms with Crippen LogP contribution in [0.2, 0.25) is 0 Å². The second-order valence-electron chi connectivity index (χ2n) is 4.10. The first kappa shape index (κ1) is 15.9. The standard InChI is InChI=1S/C13H18F3NO2/c1-10(17-6-8-19-9-7-18)11-4-2-3-5-12(11)13(14,15)16/h2-5,10,17-18H,6-9H2,1H3. The zero-order valence-electron chi connectivity index (χ0n) is 10.7. The van der Waals surface area contributed by atoms with Crippen molar-refractivity contribution >= 4 is 0 Å². The number of aliphatic hydroxyl groups excluding tert-OH is 1. The normalized spacial score (nSPS) is 13.5. The number of nitrogens with one attached hydrogen (secondary N) is 1. The van der Waals surface area contributed by atoms with E-state index in [0.29, 0.717) is 13.2 Å². The molecule has 0 radical (unpaired) electrons. The van der Waals surface area contributed by atoms with Crippen molar-refractivity contribution in [1.82, 2.24) is 5.32 Å². The van der Waals surface area contributed by atoms with Gasteiger partial charge in [0.2, 0.25) is 0 Å². The second kappa shape index (κ2) is 7.47. The molecular weight excluding hydrogens is 259 g/mol. The molecule has 1 aromatic rings. The molecule has 3 nitrogen and oxygen atoms in total. The van der Waals surface area contributed by atoms with Crippen LogP contribution < -0.4 is 5.32 Å². The van der Waals surface area contributed by atoms with Crippen LogP contribution in [0.25, 0.3) is 0 Å². The smallest absolute Gasteiger partial charge is 0.394 e. The average molecular weight is 277 g/mol. The fourth-order valence-electron chi connectivity index (χ4n) is 1.76. The molecule has 1 rings (SSSR count). The summed E-state index contributed by atoms with van der Waals surface area (Å²) >= 11 is 0. The van der Waals surface area contributed by atoms with Gasteiger partial charge in [-0.1, -0.05) is 18.2 Å². The lowest BCUT2D eigenvalue weighted by Gasteiger charge is -2.19. The van der Waals surface area contributed by atoms with E-state index in [4.69, 9.17) is 9.84 Å². The minimum Gasteiger partial charge on any atom is -0.394 e. The molecule has 6 heteroatoms. The number of rotatable bonds is 7. The first-order valence-corrected chi connectivity index (χ1v) is 6.05. The summed E-state index contributed by atoms with van der Waals surface area (Å²) in [6, 6.07) is 5.09. The number of benzene rings is 1. The molecule has 0 aromatic heterocycles. The van der Waals surface area contributed by atoms with E-state index < -0.39 is 17.8 Å². The van der Waals surface area contributed by atoms with Crippen LogP contribution in [0.3, 0.4) is 0 Å². The monoisotopic (exact) mass is 277 g/mol. The van der Waals surface area contributed by atoms with Crippen LogP contribution in [0, 0.1) is 0 Å². The van der Waals surface area contributed by atoms with Crippen LogP contribution in [0.5, 0.6) is 0 Å². The minimum atomic E-state index is -4.35. The van der Waals surface area contributed by atoms with E-state index in [0.717, 1.165) is 6.07 Å². The van der Waals surface area contributed by atoms with Gasteiger partial charge in [-0.15, -0.1) is 0 Å². The first-order chi connectivity index (χ1) is 8.96. The summed E-state index contributed by atoms with van der Waals surface area (Å²) in [5, 5.41) is 11.5. The minimum absolute atomic E-state index is 0.0630. The maximum atomic E-state index is 12.8. The van der Waals surface area contributed by atoms with E-state index in [2.05, 4.69) is 5.32 Å². The van der Waals surface area contributed by atoms with Gasteiger partial charge in [0.05, 0.1) is 25.4 Å². The highest BCUT2D eigenvalue weighted by Crippen LogP contribution is 2.34. The zero-order chi connectivity index (χ0) is 14.3. The first-order valence-electron chi connectivity index (χ1n) is 6.05. The fourth-order valence-corrected chi connectivity index (χ4v) is 1.76. The van der Waals surface area contributed by atoms with E-state index in [1.165, 1.54) is 12.1 Å². The van der Waals surface area contributed by atoms with Gasteiger partial charge in [-0.2, -0.15) is 13.2 Å². The Labute approximate surface area is 110 Å². The molecule has 19 heavy (non-hydrogen) atoms. The number of aliphatic hydroxyl groups is 1. The van der Waals surface area contributed by atoms with Gasteiger partial charge >= 0.3 is 6.18 Å². The lowest BCUT2D eigenvalue weighted by Crippen LogP contribution is -2.25. The van der Waals surface area contributed by atoms with Gasteiger partial charge in [-0.05, 0) is 18.6 Å². The molecule has 108 valence electrons. The predicted octanol–water partition coefficient (Wildman–Crippen LogP) is 2.36. The Balaban J connectivity index is 2.59. The van der Waals surface area contributed by atoms with Crippen LogP contribution in [-0.2, 0) is 10.9 Å². The van der Waals surface area contributed by atoms with Crippen molar-refractivity contribution in [2.45, 2.75) is 19.1 Å².